The molecule has 1 fully saturated rings. The highest BCUT2D eigenvalue weighted by molar-refractivity contribution is 9.10. The van der Waals surface area contributed by atoms with E-state index in [9.17, 15) is 4.79 Å². The Morgan fingerprint density at radius 3 is 2.81 bits per heavy atom. The van der Waals surface area contributed by atoms with Crippen LogP contribution < -0.4 is 5.32 Å². The average molecular weight is 465 g/mol. The second kappa shape index (κ2) is 10.3. The maximum absolute atomic E-state index is 12.5. The van der Waals surface area contributed by atoms with Gasteiger partial charge in [-0.25, -0.2) is 4.98 Å². The average Bonchev–Trinajstić information content (AvgIpc) is 3.04. The summed E-state index contributed by atoms with van der Waals surface area (Å²) in [5, 5.41) is 3.39. The molecular weight excluding hydrogens is 441 g/mol. The summed E-state index contributed by atoms with van der Waals surface area (Å²) in [6.07, 6.45) is 2.66. The normalized spacial score (nSPS) is 19.4. The van der Waals surface area contributed by atoms with Crippen LogP contribution in [-0.2, 0) is 11.2 Å². The maximum Gasteiger partial charge on any atom is 0.223 e. The summed E-state index contributed by atoms with van der Waals surface area (Å²) >= 11 is 3.51. The van der Waals surface area contributed by atoms with Gasteiger partial charge in [-0.1, -0.05) is 34.1 Å². The van der Waals surface area contributed by atoms with Gasteiger partial charge in [0, 0.05) is 48.1 Å². The summed E-state index contributed by atoms with van der Waals surface area (Å²) in [6.45, 7) is 5.81. The molecule has 26 heavy (non-hydrogen) atoms. The van der Waals surface area contributed by atoms with Crippen molar-refractivity contribution in [2.75, 3.05) is 13.1 Å². The third-order valence-electron chi connectivity index (χ3n) is 4.60. The van der Waals surface area contributed by atoms with Crippen molar-refractivity contribution in [3.63, 3.8) is 0 Å². The number of amides is 1. The molecule has 1 aromatic heterocycles. The van der Waals surface area contributed by atoms with Crippen LogP contribution in [0.15, 0.2) is 39.4 Å². The molecule has 0 radical (unpaired) electrons. The lowest BCUT2D eigenvalue weighted by Gasteiger charge is -2.38. The summed E-state index contributed by atoms with van der Waals surface area (Å²) in [6, 6.07) is 8.40. The number of benzene rings is 1. The van der Waals surface area contributed by atoms with E-state index in [0.717, 1.165) is 23.1 Å². The Labute approximate surface area is 174 Å². The van der Waals surface area contributed by atoms with Crippen molar-refractivity contribution in [3.05, 3.63) is 40.8 Å². The number of nitrogens with one attached hydrogen (secondary N) is 1. The zero-order valence-corrected chi connectivity index (χ0v) is 18.0. The molecule has 1 aliphatic rings. The fourth-order valence-electron chi connectivity index (χ4n) is 2.98. The number of hydrogen-bond acceptors (Lipinski definition) is 4. The quantitative estimate of drug-likeness (QED) is 0.740. The van der Waals surface area contributed by atoms with Gasteiger partial charge in [0.2, 0.25) is 5.91 Å². The van der Waals surface area contributed by atoms with Gasteiger partial charge in [-0.2, -0.15) is 0 Å². The Morgan fingerprint density at radius 1 is 1.35 bits per heavy atom. The van der Waals surface area contributed by atoms with E-state index in [1.165, 1.54) is 0 Å². The van der Waals surface area contributed by atoms with E-state index in [0.29, 0.717) is 30.5 Å². The van der Waals surface area contributed by atoms with Crippen molar-refractivity contribution >= 4 is 46.7 Å². The Kier molecular flexibility index (Phi) is 9.10. The zero-order valence-electron chi connectivity index (χ0n) is 14.8. The standard InChI is InChI=1S/C18H22BrN3O2.2ClH/c1-12-13(2)22(10-9-20-12)18(23)8-7-17-21-11-16(24-17)14-5-3-4-6-15(14)19;;/h3-6,11-13,20H,7-10H2,1-2H3;2*1H. The van der Waals surface area contributed by atoms with Crippen molar-refractivity contribution in [2.45, 2.75) is 38.8 Å². The van der Waals surface area contributed by atoms with Gasteiger partial charge in [-0.15, -0.1) is 24.8 Å². The number of halogens is 3. The molecule has 0 aliphatic carbocycles. The highest BCUT2D eigenvalue weighted by atomic mass is 79.9. The smallest absolute Gasteiger partial charge is 0.223 e. The Morgan fingerprint density at radius 2 is 2.08 bits per heavy atom. The van der Waals surface area contributed by atoms with Crippen LogP contribution in [-0.4, -0.2) is 41.0 Å². The minimum Gasteiger partial charge on any atom is -0.441 e. The number of aromatic nitrogens is 1. The topological polar surface area (TPSA) is 58.4 Å². The molecule has 2 aromatic rings. The molecule has 2 heterocycles. The summed E-state index contributed by atoms with van der Waals surface area (Å²) in [5.41, 5.74) is 0.965. The summed E-state index contributed by atoms with van der Waals surface area (Å²) in [4.78, 5) is 18.8. The molecule has 0 spiro atoms. The van der Waals surface area contributed by atoms with Gasteiger partial charge in [-0.3, -0.25) is 4.79 Å². The molecule has 3 rings (SSSR count). The van der Waals surface area contributed by atoms with E-state index < -0.39 is 0 Å². The van der Waals surface area contributed by atoms with Crippen LogP contribution in [0.5, 0.6) is 0 Å². The largest absolute Gasteiger partial charge is 0.441 e. The maximum atomic E-state index is 12.5. The molecule has 5 nitrogen and oxygen atoms in total. The second-order valence-corrected chi connectivity index (χ2v) is 7.02. The fraction of sp³-hybridized carbons (Fsp3) is 0.444. The summed E-state index contributed by atoms with van der Waals surface area (Å²) in [5.74, 6) is 1.48. The first-order valence-corrected chi connectivity index (χ1v) is 9.08. The molecule has 0 bridgehead atoms. The molecule has 1 aliphatic heterocycles. The van der Waals surface area contributed by atoms with E-state index in [2.05, 4.69) is 40.1 Å². The molecule has 8 heteroatoms. The predicted octanol–water partition coefficient (Wildman–Crippen LogP) is 4.09. The van der Waals surface area contributed by atoms with Crippen LogP contribution in [0.4, 0.5) is 0 Å². The van der Waals surface area contributed by atoms with E-state index in [4.69, 9.17) is 4.42 Å². The van der Waals surface area contributed by atoms with E-state index in [1.54, 1.807) is 6.20 Å². The van der Waals surface area contributed by atoms with Gasteiger partial charge in [0.25, 0.3) is 0 Å². The molecule has 1 saturated heterocycles. The second-order valence-electron chi connectivity index (χ2n) is 6.17. The van der Waals surface area contributed by atoms with Crippen LogP contribution >= 0.6 is 40.7 Å². The first-order chi connectivity index (χ1) is 11.6. The van der Waals surface area contributed by atoms with Crippen molar-refractivity contribution < 1.29 is 9.21 Å². The molecule has 0 saturated carbocycles. The van der Waals surface area contributed by atoms with Gasteiger partial charge >= 0.3 is 0 Å². The zero-order chi connectivity index (χ0) is 17.1. The number of carbonyl (C=O) groups excluding carboxylic acids is 1. The third kappa shape index (κ3) is 5.22. The SMILES string of the molecule is CC1NCCN(C(=O)CCc2ncc(-c3ccccc3Br)o2)C1C.Cl.Cl. The van der Waals surface area contributed by atoms with Crippen molar-refractivity contribution in [1.29, 1.82) is 0 Å². The number of hydrogen-bond donors (Lipinski definition) is 1. The molecule has 144 valence electrons. The third-order valence-corrected chi connectivity index (χ3v) is 5.29. The number of oxazole rings is 1. The predicted molar refractivity (Wildman–Crippen MR) is 111 cm³/mol. The van der Waals surface area contributed by atoms with Crippen molar-refractivity contribution in [1.82, 2.24) is 15.2 Å². The summed E-state index contributed by atoms with van der Waals surface area (Å²) < 4.78 is 6.78. The lowest BCUT2D eigenvalue weighted by atomic mass is 10.1. The van der Waals surface area contributed by atoms with Gasteiger partial charge < -0.3 is 14.6 Å². The van der Waals surface area contributed by atoms with Gasteiger partial charge in [-0.05, 0) is 19.9 Å². The van der Waals surface area contributed by atoms with Crippen molar-refractivity contribution in [2.24, 2.45) is 0 Å². The lowest BCUT2D eigenvalue weighted by molar-refractivity contribution is -0.134. The molecule has 2 atom stereocenters. The first-order valence-electron chi connectivity index (χ1n) is 8.28. The van der Waals surface area contributed by atoms with Crippen LogP contribution in [0.25, 0.3) is 11.3 Å². The van der Waals surface area contributed by atoms with Crippen LogP contribution in [0.1, 0.15) is 26.2 Å². The van der Waals surface area contributed by atoms with Gasteiger partial charge in [0.15, 0.2) is 11.7 Å². The molecule has 1 amide bonds. The van der Waals surface area contributed by atoms with Crippen LogP contribution in [0, 0.1) is 0 Å². The Hall–Kier alpha value is -1.08. The van der Waals surface area contributed by atoms with E-state index in [1.807, 2.05) is 29.2 Å². The van der Waals surface area contributed by atoms with E-state index in [-0.39, 0.29) is 36.8 Å². The summed E-state index contributed by atoms with van der Waals surface area (Å²) in [7, 11) is 0. The molecule has 1 N–H and O–H groups in total. The first kappa shape index (κ1) is 23.0. The van der Waals surface area contributed by atoms with Gasteiger partial charge in [0.05, 0.1) is 6.20 Å². The number of aryl methyl sites for hydroxylation is 1. The minimum atomic E-state index is 0. The Balaban J connectivity index is 0.00000169. The highest BCUT2D eigenvalue weighted by Crippen LogP contribution is 2.28. The van der Waals surface area contributed by atoms with E-state index >= 15 is 0 Å². The number of piperazine rings is 1. The Bertz CT molecular complexity index is 726. The highest BCUT2D eigenvalue weighted by Gasteiger charge is 2.27. The van der Waals surface area contributed by atoms with Crippen molar-refractivity contribution in [3.8, 4) is 11.3 Å². The molecule has 2 unspecified atom stereocenters. The molecular formula is C18H24BrCl2N3O2. The van der Waals surface area contributed by atoms with Crippen LogP contribution in [0.3, 0.4) is 0 Å². The van der Waals surface area contributed by atoms with Gasteiger partial charge in [0.1, 0.15) is 0 Å². The van der Waals surface area contributed by atoms with Crippen LogP contribution in [0.2, 0.25) is 0 Å². The number of nitrogens with zero attached hydrogens (tertiary/aromatic N) is 2. The number of carbonyl (C=O) groups is 1. The minimum absolute atomic E-state index is 0. The molecule has 1 aromatic carbocycles. The monoisotopic (exact) mass is 463 g/mol. The fourth-order valence-corrected chi connectivity index (χ4v) is 3.46. The number of rotatable bonds is 4. The lowest BCUT2D eigenvalue weighted by Crippen LogP contribution is -2.57.